The largest absolute Gasteiger partial charge is 0.397 e. The average molecular weight is 860 g/mol. The van der Waals surface area contributed by atoms with Crippen molar-refractivity contribution in [1.82, 2.24) is 5.32 Å². The molecule has 0 aromatic heterocycles. The number of carbonyl (C=O) groups is 1. The zero-order chi connectivity index (χ0) is 43.6. The van der Waals surface area contributed by atoms with Crippen molar-refractivity contribution in [3.63, 3.8) is 0 Å². The number of unbranched alkanes of at least 4 members (excludes halogenated alkanes) is 18. The Labute approximate surface area is 356 Å². The highest BCUT2D eigenvalue weighted by molar-refractivity contribution is 7.80. The Morgan fingerprint density at radius 2 is 1.14 bits per heavy atom. The van der Waals surface area contributed by atoms with Crippen LogP contribution in [0.3, 0.4) is 0 Å². The van der Waals surface area contributed by atoms with Gasteiger partial charge in [0.1, 0.15) is 30.5 Å². The van der Waals surface area contributed by atoms with Crippen molar-refractivity contribution in [2.45, 2.75) is 217 Å². The number of nitrogens with one attached hydrogen (secondary N) is 1. The molecular weight excluding hydrogens is 779 g/mol. The van der Waals surface area contributed by atoms with Crippen LogP contribution in [-0.2, 0) is 28.9 Å². The molecule has 0 aromatic rings. The summed E-state index contributed by atoms with van der Waals surface area (Å²) in [6.45, 7) is 3.13. The molecular formula is C45H81NO12S. The predicted molar refractivity (Wildman–Crippen MR) is 233 cm³/mol. The van der Waals surface area contributed by atoms with Gasteiger partial charge in [-0.15, -0.1) is 0 Å². The average Bonchev–Trinajstić information content (AvgIpc) is 3.20. The lowest BCUT2D eigenvalue weighted by molar-refractivity contribution is -0.298. The fraction of sp³-hybridized carbons (Fsp3) is 0.800. The number of hydrogen-bond acceptors (Lipinski definition) is 11. The molecule has 1 rings (SSSR count). The monoisotopic (exact) mass is 860 g/mol. The SMILES string of the molecule is CCCCC/C=C\CCCCCCC(O)C(=O)NC(COC1OC(CO)C(O)C(OS(=O)(=O)O)C1O)C(O)/C=C/CC/C=C/CC/C=C/CCCCCCCCCCC. The first-order valence-electron chi connectivity index (χ1n) is 22.6. The molecule has 1 saturated heterocycles. The molecule has 1 heterocycles. The Bertz CT molecular complexity index is 1260. The van der Waals surface area contributed by atoms with Crippen LogP contribution in [0.2, 0.25) is 0 Å². The molecule has 59 heavy (non-hydrogen) atoms. The third kappa shape index (κ3) is 28.3. The van der Waals surface area contributed by atoms with Gasteiger partial charge >= 0.3 is 10.4 Å². The third-order valence-electron chi connectivity index (χ3n) is 10.4. The summed E-state index contributed by atoms with van der Waals surface area (Å²) in [7, 11) is -5.12. The number of allylic oxidation sites excluding steroid dienone is 7. The van der Waals surface area contributed by atoms with E-state index in [0.717, 1.165) is 57.8 Å². The van der Waals surface area contributed by atoms with E-state index in [1.165, 1.54) is 83.1 Å². The van der Waals surface area contributed by atoms with Crippen molar-refractivity contribution in [1.29, 1.82) is 0 Å². The number of aliphatic hydroxyl groups is 5. The molecule has 0 spiro atoms. The first kappa shape index (κ1) is 55.0. The van der Waals surface area contributed by atoms with Gasteiger partial charge in [0.2, 0.25) is 5.91 Å². The zero-order valence-corrected chi connectivity index (χ0v) is 37.0. The zero-order valence-electron chi connectivity index (χ0n) is 36.2. The van der Waals surface area contributed by atoms with Crippen molar-refractivity contribution < 1.29 is 57.0 Å². The summed E-state index contributed by atoms with van der Waals surface area (Å²) in [5.74, 6) is -0.729. The van der Waals surface area contributed by atoms with E-state index < -0.39 is 78.5 Å². The van der Waals surface area contributed by atoms with Crippen LogP contribution >= 0.6 is 0 Å². The fourth-order valence-corrected chi connectivity index (χ4v) is 7.29. The van der Waals surface area contributed by atoms with Gasteiger partial charge in [-0.25, -0.2) is 4.18 Å². The van der Waals surface area contributed by atoms with E-state index in [4.69, 9.17) is 14.0 Å². The lowest BCUT2D eigenvalue weighted by Crippen LogP contribution is -2.61. The first-order chi connectivity index (χ1) is 28.4. The van der Waals surface area contributed by atoms with Crippen LogP contribution in [0.25, 0.3) is 0 Å². The second-order valence-electron chi connectivity index (χ2n) is 15.8. The second-order valence-corrected chi connectivity index (χ2v) is 16.8. The summed E-state index contributed by atoms with van der Waals surface area (Å²) in [4.78, 5) is 13.1. The van der Waals surface area contributed by atoms with E-state index in [1.807, 2.05) is 0 Å². The molecule has 344 valence electrons. The molecule has 1 amide bonds. The lowest BCUT2D eigenvalue weighted by atomic mass is 9.99. The standard InChI is InChI=1S/C45H81NO12S/c1-3-5-7-9-11-13-15-16-17-18-19-20-21-22-24-25-27-29-31-33-38(48)37(36-56-45-42(51)43(58-59(53,54)55)41(50)40(35-47)57-45)46-44(52)39(49)34-32-30-28-26-23-14-12-10-8-6-4-2/h12,14,19-20,24-25,31,33,37-43,45,47-51H,3-11,13,15-18,21-23,26-30,32,34-36H2,1-2H3,(H,46,52)(H,53,54,55)/b14-12-,20-19+,25-24+,33-31+. The normalized spacial score (nSPS) is 21.9. The van der Waals surface area contributed by atoms with Crippen molar-refractivity contribution >= 4 is 16.3 Å². The van der Waals surface area contributed by atoms with Crippen LogP contribution in [0.5, 0.6) is 0 Å². The van der Waals surface area contributed by atoms with Gasteiger partial charge in [-0.2, -0.15) is 8.42 Å². The van der Waals surface area contributed by atoms with Gasteiger partial charge < -0.3 is 40.3 Å². The molecule has 7 N–H and O–H groups in total. The van der Waals surface area contributed by atoms with Gasteiger partial charge in [-0.1, -0.05) is 146 Å². The molecule has 1 aliphatic rings. The minimum atomic E-state index is -5.12. The number of rotatable bonds is 37. The topological polar surface area (TPSA) is 212 Å². The van der Waals surface area contributed by atoms with E-state index >= 15 is 0 Å². The summed E-state index contributed by atoms with van der Waals surface area (Å²) >= 11 is 0. The Morgan fingerprint density at radius 3 is 1.66 bits per heavy atom. The van der Waals surface area contributed by atoms with Crippen LogP contribution in [0, 0.1) is 0 Å². The number of amides is 1. The van der Waals surface area contributed by atoms with Crippen LogP contribution in [0.1, 0.15) is 168 Å². The molecule has 8 unspecified atom stereocenters. The van der Waals surface area contributed by atoms with Crippen LogP contribution in [0.4, 0.5) is 0 Å². The molecule has 1 aliphatic heterocycles. The molecule has 14 heteroatoms. The minimum absolute atomic E-state index is 0.217. The summed E-state index contributed by atoms with van der Waals surface area (Å²) in [5, 5.41) is 55.0. The van der Waals surface area contributed by atoms with Crippen molar-refractivity contribution in [3.05, 3.63) is 48.6 Å². The van der Waals surface area contributed by atoms with Gasteiger partial charge in [0.25, 0.3) is 0 Å². The van der Waals surface area contributed by atoms with Crippen molar-refractivity contribution in [2.24, 2.45) is 0 Å². The maximum Gasteiger partial charge on any atom is 0.397 e. The number of carbonyl (C=O) groups excluding carboxylic acids is 1. The van der Waals surface area contributed by atoms with E-state index in [0.29, 0.717) is 12.8 Å². The molecule has 0 aliphatic carbocycles. The molecule has 8 atom stereocenters. The Morgan fingerprint density at radius 1 is 0.678 bits per heavy atom. The van der Waals surface area contributed by atoms with Gasteiger partial charge in [-0.3, -0.25) is 9.35 Å². The van der Waals surface area contributed by atoms with Gasteiger partial charge in [0.15, 0.2) is 6.29 Å². The highest BCUT2D eigenvalue weighted by Crippen LogP contribution is 2.26. The maximum absolute atomic E-state index is 13.1. The summed E-state index contributed by atoms with van der Waals surface area (Å²) < 4.78 is 47.4. The minimum Gasteiger partial charge on any atom is -0.394 e. The smallest absolute Gasteiger partial charge is 0.394 e. The molecule has 0 bridgehead atoms. The Balaban J connectivity index is 2.65. The van der Waals surface area contributed by atoms with Crippen LogP contribution < -0.4 is 5.32 Å². The fourth-order valence-electron chi connectivity index (χ4n) is 6.78. The molecule has 0 aromatic carbocycles. The van der Waals surface area contributed by atoms with E-state index in [2.05, 4.69) is 59.8 Å². The third-order valence-corrected chi connectivity index (χ3v) is 10.9. The van der Waals surface area contributed by atoms with Gasteiger partial charge in [-0.05, 0) is 70.6 Å². The van der Waals surface area contributed by atoms with Crippen LogP contribution in [-0.4, -0.2) is 107 Å². The summed E-state index contributed by atoms with van der Waals surface area (Å²) in [6, 6.07) is -1.15. The highest BCUT2D eigenvalue weighted by atomic mass is 32.3. The highest BCUT2D eigenvalue weighted by Gasteiger charge is 2.48. The Hall–Kier alpha value is -1.98. The molecule has 1 fully saturated rings. The summed E-state index contributed by atoms with van der Waals surface area (Å²) in [5.41, 5.74) is 0. The maximum atomic E-state index is 13.1. The quantitative estimate of drug-likeness (QED) is 0.0184. The Kier molecular flexibility index (Phi) is 33.2. The number of aliphatic hydroxyl groups excluding tert-OH is 5. The van der Waals surface area contributed by atoms with Crippen molar-refractivity contribution in [2.75, 3.05) is 13.2 Å². The number of hydrogen-bond donors (Lipinski definition) is 7. The van der Waals surface area contributed by atoms with Crippen LogP contribution in [0.15, 0.2) is 48.6 Å². The summed E-state index contributed by atoms with van der Waals surface area (Å²) in [6.07, 6.45) is 30.6. The number of ether oxygens (including phenoxy) is 2. The van der Waals surface area contributed by atoms with E-state index in [9.17, 15) is 38.7 Å². The van der Waals surface area contributed by atoms with Gasteiger partial charge in [0, 0.05) is 0 Å². The van der Waals surface area contributed by atoms with E-state index in [1.54, 1.807) is 6.08 Å². The molecule has 0 radical (unpaired) electrons. The second kappa shape index (κ2) is 35.6. The van der Waals surface area contributed by atoms with Crippen molar-refractivity contribution in [3.8, 4) is 0 Å². The molecule has 0 saturated carbocycles. The van der Waals surface area contributed by atoms with E-state index in [-0.39, 0.29) is 6.42 Å². The molecule has 13 nitrogen and oxygen atoms in total. The van der Waals surface area contributed by atoms with Gasteiger partial charge in [0.05, 0.1) is 25.4 Å². The lowest BCUT2D eigenvalue weighted by Gasteiger charge is -2.41. The predicted octanol–water partition coefficient (Wildman–Crippen LogP) is 7.46. The first-order valence-corrected chi connectivity index (χ1v) is 24.0.